The first kappa shape index (κ1) is 12.8. The van der Waals surface area contributed by atoms with Crippen LogP contribution in [0.1, 0.15) is 43.0 Å². The molecule has 0 bridgehead atoms. The van der Waals surface area contributed by atoms with Crippen LogP contribution in [0.2, 0.25) is 0 Å². The molecule has 1 atom stereocenters. The molecular weight excluding hydrogens is 194 g/mol. The third kappa shape index (κ3) is 2.87. The van der Waals surface area contributed by atoms with Gasteiger partial charge >= 0.3 is 0 Å². The Kier molecular flexibility index (Phi) is 5.08. The van der Waals surface area contributed by atoms with Gasteiger partial charge in [-0.1, -0.05) is 43.5 Å². The van der Waals surface area contributed by atoms with Crippen molar-refractivity contribution in [2.24, 2.45) is 0 Å². The summed E-state index contributed by atoms with van der Waals surface area (Å²) in [4.78, 5) is 0. The summed E-state index contributed by atoms with van der Waals surface area (Å²) in [5.74, 6) is 2.63. The summed E-state index contributed by atoms with van der Waals surface area (Å²) in [5, 5.41) is 3.38. The summed E-state index contributed by atoms with van der Waals surface area (Å²) in [7, 11) is 0. The van der Waals surface area contributed by atoms with E-state index in [1.54, 1.807) is 0 Å². The molecule has 86 valence electrons. The minimum atomic E-state index is 0.473. The van der Waals surface area contributed by atoms with E-state index < -0.39 is 0 Å². The van der Waals surface area contributed by atoms with Gasteiger partial charge in [0, 0.05) is 6.04 Å². The minimum Gasteiger partial charge on any atom is -0.299 e. The lowest BCUT2D eigenvalue weighted by Crippen LogP contribution is -2.19. The monoisotopic (exact) mass is 215 g/mol. The van der Waals surface area contributed by atoms with E-state index in [0.29, 0.717) is 12.6 Å². The van der Waals surface area contributed by atoms with Gasteiger partial charge in [0.2, 0.25) is 0 Å². The average molecular weight is 215 g/mol. The van der Waals surface area contributed by atoms with Crippen molar-refractivity contribution in [3.8, 4) is 12.3 Å². The lowest BCUT2D eigenvalue weighted by Gasteiger charge is -2.12. The van der Waals surface area contributed by atoms with E-state index in [1.165, 1.54) is 29.5 Å². The third-order valence-corrected chi connectivity index (χ3v) is 2.83. The summed E-state index contributed by atoms with van der Waals surface area (Å²) in [6.45, 7) is 6.80. The van der Waals surface area contributed by atoms with E-state index in [0.717, 1.165) is 0 Å². The highest BCUT2D eigenvalue weighted by Crippen LogP contribution is 2.31. The SMILES string of the molecule is C#CCN[C@@H]1CCc2ccc(C)cc21.CC. The molecule has 2 rings (SSSR count). The van der Waals surface area contributed by atoms with Gasteiger partial charge in [-0.25, -0.2) is 0 Å². The fraction of sp³-hybridized carbons (Fsp3) is 0.467. The Labute approximate surface area is 99.3 Å². The van der Waals surface area contributed by atoms with Crippen LogP contribution in [0.25, 0.3) is 0 Å². The predicted octanol–water partition coefficient (Wildman–Crippen LogP) is 3.23. The van der Waals surface area contributed by atoms with Gasteiger partial charge in [-0.05, 0) is 30.9 Å². The molecule has 0 heterocycles. The summed E-state index contributed by atoms with van der Waals surface area (Å²) in [6.07, 6.45) is 7.60. The quantitative estimate of drug-likeness (QED) is 0.747. The minimum absolute atomic E-state index is 0.473. The van der Waals surface area contributed by atoms with Crippen LogP contribution in [0.15, 0.2) is 18.2 Å². The van der Waals surface area contributed by atoms with E-state index in [9.17, 15) is 0 Å². The molecule has 0 spiro atoms. The van der Waals surface area contributed by atoms with Crippen LogP contribution >= 0.6 is 0 Å². The Morgan fingerprint density at radius 3 is 2.88 bits per heavy atom. The fourth-order valence-corrected chi connectivity index (χ4v) is 2.12. The summed E-state index contributed by atoms with van der Waals surface area (Å²) in [6, 6.07) is 7.17. The molecular formula is C15H21N. The van der Waals surface area contributed by atoms with Crippen molar-refractivity contribution in [2.45, 2.75) is 39.7 Å². The van der Waals surface area contributed by atoms with Crippen LogP contribution in [-0.2, 0) is 6.42 Å². The highest BCUT2D eigenvalue weighted by Gasteiger charge is 2.21. The molecule has 1 N–H and O–H groups in total. The molecule has 0 saturated carbocycles. The Bertz CT molecular complexity index is 374. The molecule has 1 aromatic rings. The maximum atomic E-state index is 5.24. The number of fused-ring (bicyclic) bond motifs is 1. The zero-order chi connectivity index (χ0) is 12.0. The van der Waals surface area contributed by atoms with Crippen molar-refractivity contribution in [3.63, 3.8) is 0 Å². The smallest absolute Gasteiger partial charge is 0.0578 e. The maximum Gasteiger partial charge on any atom is 0.0578 e. The first-order valence-corrected chi connectivity index (χ1v) is 6.07. The largest absolute Gasteiger partial charge is 0.299 e. The van der Waals surface area contributed by atoms with E-state index >= 15 is 0 Å². The van der Waals surface area contributed by atoms with Crippen molar-refractivity contribution < 1.29 is 0 Å². The van der Waals surface area contributed by atoms with Gasteiger partial charge in [0.05, 0.1) is 6.54 Å². The van der Waals surface area contributed by atoms with Gasteiger partial charge in [-0.2, -0.15) is 0 Å². The first-order valence-electron chi connectivity index (χ1n) is 6.07. The lowest BCUT2D eigenvalue weighted by molar-refractivity contribution is 0.568. The molecule has 1 aromatic carbocycles. The van der Waals surface area contributed by atoms with Crippen molar-refractivity contribution in [1.29, 1.82) is 0 Å². The van der Waals surface area contributed by atoms with Crippen molar-refractivity contribution in [3.05, 3.63) is 34.9 Å². The normalized spacial score (nSPS) is 17.0. The molecule has 1 aliphatic carbocycles. The Hall–Kier alpha value is -1.26. The van der Waals surface area contributed by atoms with Crippen molar-refractivity contribution >= 4 is 0 Å². The number of nitrogens with one attached hydrogen (secondary N) is 1. The topological polar surface area (TPSA) is 12.0 Å². The zero-order valence-corrected chi connectivity index (χ0v) is 10.5. The molecule has 0 radical (unpaired) electrons. The third-order valence-electron chi connectivity index (χ3n) is 2.83. The van der Waals surface area contributed by atoms with E-state index in [-0.39, 0.29) is 0 Å². The molecule has 0 fully saturated rings. The van der Waals surface area contributed by atoms with Crippen LogP contribution in [0.5, 0.6) is 0 Å². The second-order valence-electron chi connectivity index (χ2n) is 3.88. The Morgan fingerprint density at radius 2 is 2.19 bits per heavy atom. The van der Waals surface area contributed by atoms with Crippen LogP contribution in [0.4, 0.5) is 0 Å². The van der Waals surface area contributed by atoms with E-state index in [4.69, 9.17) is 6.42 Å². The number of aryl methyl sites for hydroxylation is 2. The summed E-state index contributed by atoms with van der Waals surface area (Å²) >= 11 is 0. The van der Waals surface area contributed by atoms with E-state index in [1.807, 2.05) is 13.8 Å². The zero-order valence-electron chi connectivity index (χ0n) is 10.5. The predicted molar refractivity (Wildman–Crippen MR) is 70.4 cm³/mol. The molecule has 0 saturated heterocycles. The number of terminal acetylenes is 1. The highest BCUT2D eigenvalue weighted by molar-refractivity contribution is 5.37. The summed E-state index contributed by atoms with van der Waals surface area (Å²) in [5.41, 5.74) is 4.25. The molecule has 0 aliphatic heterocycles. The van der Waals surface area contributed by atoms with Crippen molar-refractivity contribution in [1.82, 2.24) is 5.32 Å². The summed E-state index contributed by atoms with van der Waals surface area (Å²) < 4.78 is 0. The van der Waals surface area contributed by atoms with Crippen LogP contribution in [0, 0.1) is 19.3 Å². The standard InChI is InChI=1S/C13H15N.C2H6/c1-3-8-14-13-7-6-11-5-4-10(2)9-12(11)13;1-2/h1,4-5,9,13-14H,6-8H2,2H3;1-2H3/t13-;/m1./s1. The molecule has 1 heteroatoms. The maximum absolute atomic E-state index is 5.24. The van der Waals surface area contributed by atoms with Crippen molar-refractivity contribution in [2.75, 3.05) is 6.54 Å². The highest BCUT2D eigenvalue weighted by atomic mass is 14.9. The molecule has 16 heavy (non-hydrogen) atoms. The Morgan fingerprint density at radius 1 is 1.44 bits per heavy atom. The van der Waals surface area contributed by atoms with Crippen LogP contribution in [-0.4, -0.2) is 6.54 Å². The van der Waals surface area contributed by atoms with Gasteiger partial charge in [0.15, 0.2) is 0 Å². The van der Waals surface area contributed by atoms with Crippen LogP contribution < -0.4 is 5.32 Å². The number of hydrogen-bond acceptors (Lipinski definition) is 1. The first-order chi connectivity index (χ1) is 7.81. The molecule has 0 amide bonds. The van der Waals surface area contributed by atoms with Gasteiger partial charge in [-0.3, -0.25) is 5.32 Å². The number of benzene rings is 1. The average Bonchev–Trinajstić information content (AvgIpc) is 2.71. The second kappa shape index (κ2) is 6.35. The second-order valence-corrected chi connectivity index (χ2v) is 3.88. The number of rotatable bonds is 2. The molecule has 1 nitrogen and oxygen atoms in total. The van der Waals surface area contributed by atoms with Gasteiger partial charge in [0.25, 0.3) is 0 Å². The molecule has 0 unspecified atom stereocenters. The Balaban J connectivity index is 0.000000606. The molecule has 0 aromatic heterocycles. The molecule has 1 aliphatic rings. The van der Waals surface area contributed by atoms with Gasteiger partial charge < -0.3 is 0 Å². The number of hydrogen-bond donors (Lipinski definition) is 1. The van der Waals surface area contributed by atoms with Gasteiger partial charge in [-0.15, -0.1) is 6.42 Å². The fourth-order valence-electron chi connectivity index (χ4n) is 2.12. The lowest BCUT2D eigenvalue weighted by atomic mass is 10.1. The van der Waals surface area contributed by atoms with E-state index in [2.05, 4.69) is 36.4 Å². The van der Waals surface area contributed by atoms with Gasteiger partial charge in [0.1, 0.15) is 0 Å². The van der Waals surface area contributed by atoms with Crippen LogP contribution in [0.3, 0.4) is 0 Å².